The van der Waals surface area contributed by atoms with Crippen LogP contribution in [0.2, 0.25) is 0 Å². The van der Waals surface area contributed by atoms with Crippen LogP contribution >= 0.6 is 0 Å². The zero-order chi connectivity index (χ0) is 25.0. The molecule has 14 nitrogen and oxygen atoms in total. The van der Waals surface area contributed by atoms with E-state index in [9.17, 15) is 24.0 Å². The Labute approximate surface area is 185 Å². The first kappa shape index (κ1) is 28.6. The lowest BCUT2D eigenvalue weighted by molar-refractivity contribution is -0.147. The van der Waals surface area contributed by atoms with Crippen molar-refractivity contribution in [2.45, 2.75) is 64.2 Å². The minimum atomic E-state index is -1.70. The molecule has 0 radical (unpaired) electrons. The summed E-state index contributed by atoms with van der Waals surface area (Å²) in [5, 5.41) is 24.9. The van der Waals surface area contributed by atoms with Crippen molar-refractivity contribution in [1.29, 1.82) is 0 Å². The summed E-state index contributed by atoms with van der Waals surface area (Å²) in [4.78, 5) is 63.0. The fourth-order valence-electron chi connectivity index (χ4n) is 2.39. The number of nitrogens with zero attached hydrogens (tertiary/aromatic N) is 1. The van der Waals surface area contributed by atoms with Crippen LogP contribution in [0.3, 0.4) is 0 Å². The fourth-order valence-corrected chi connectivity index (χ4v) is 2.39. The molecule has 4 atom stereocenters. The number of carboxylic acid groups (broad SMARTS) is 2. The quantitative estimate of drug-likeness (QED) is 0.0744. The zero-order valence-corrected chi connectivity index (χ0v) is 18.3. The Morgan fingerprint density at radius 2 is 1.44 bits per heavy atom. The van der Waals surface area contributed by atoms with E-state index in [1.807, 2.05) is 0 Å². The van der Waals surface area contributed by atoms with Crippen molar-refractivity contribution in [3.8, 4) is 0 Å². The van der Waals surface area contributed by atoms with E-state index in [0.717, 1.165) is 0 Å². The summed E-state index contributed by atoms with van der Waals surface area (Å²) < 4.78 is 0. The van der Waals surface area contributed by atoms with E-state index in [1.54, 1.807) is 13.8 Å². The number of hydrogen-bond acceptors (Lipinski definition) is 7. The highest BCUT2D eigenvalue weighted by atomic mass is 16.4. The third-order valence-corrected chi connectivity index (χ3v) is 4.34. The third-order valence-electron chi connectivity index (χ3n) is 4.34. The highest BCUT2D eigenvalue weighted by Gasteiger charge is 2.29. The second-order valence-electron chi connectivity index (χ2n) is 7.51. The molecule has 0 aromatic carbocycles. The molecule has 0 aromatic rings. The van der Waals surface area contributed by atoms with Crippen molar-refractivity contribution >= 4 is 35.6 Å². The Balaban J connectivity index is 5.29. The van der Waals surface area contributed by atoms with Crippen LogP contribution in [-0.4, -0.2) is 76.5 Å². The van der Waals surface area contributed by atoms with Gasteiger partial charge in [-0.15, -0.1) is 0 Å². The standard InChI is InChI=1S/C18H33N7O7/c1-8(2)13(19)16(30)23-9(3)14(28)24-10(5-4-6-22-18(20)21)15(29)25-11(17(31)32)7-12(26)27/h8-11,13H,4-7,19H2,1-3H3,(H,23,30)(H,24,28)(H,25,29)(H,26,27)(H,31,32)(H4,20,21,22). The summed E-state index contributed by atoms with van der Waals surface area (Å²) in [7, 11) is 0. The van der Waals surface area contributed by atoms with Gasteiger partial charge in [0, 0.05) is 6.54 Å². The lowest BCUT2D eigenvalue weighted by Crippen LogP contribution is -2.56. The molecule has 0 aromatic heterocycles. The van der Waals surface area contributed by atoms with Gasteiger partial charge in [0.2, 0.25) is 17.7 Å². The van der Waals surface area contributed by atoms with Crippen molar-refractivity contribution < 1.29 is 34.2 Å². The lowest BCUT2D eigenvalue weighted by Gasteiger charge is -2.24. The molecule has 0 aliphatic rings. The second kappa shape index (κ2) is 13.8. The molecule has 0 bridgehead atoms. The normalized spacial score (nSPS) is 14.4. The van der Waals surface area contributed by atoms with Gasteiger partial charge in [0.1, 0.15) is 18.1 Å². The highest BCUT2D eigenvalue weighted by Crippen LogP contribution is 2.03. The Bertz CT molecular complexity index is 722. The monoisotopic (exact) mass is 459 g/mol. The lowest BCUT2D eigenvalue weighted by atomic mass is 10.0. The number of guanidine groups is 1. The summed E-state index contributed by atoms with van der Waals surface area (Å²) in [6, 6.07) is -4.81. The van der Waals surface area contributed by atoms with Crippen LogP contribution in [0.25, 0.3) is 0 Å². The molecule has 0 fully saturated rings. The van der Waals surface area contributed by atoms with E-state index in [4.69, 9.17) is 27.4 Å². The number of rotatable bonds is 14. The minimum Gasteiger partial charge on any atom is -0.481 e. The van der Waals surface area contributed by atoms with Crippen molar-refractivity contribution in [2.75, 3.05) is 6.54 Å². The van der Waals surface area contributed by atoms with Gasteiger partial charge >= 0.3 is 11.9 Å². The van der Waals surface area contributed by atoms with Crippen LogP contribution in [0.1, 0.15) is 40.0 Å². The molecule has 0 aliphatic carbocycles. The van der Waals surface area contributed by atoms with Gasteiger partial charge in [0.15, 0.2) is 5.96 Å². The van der Waals surface area contributed by atoms with Gasteiger partial charge in [-0.25, -0.2) is 4.79 Å². The van der Waals surface area contributed by atoms with Gasteiger partial charge in [0.25, 0.3) is 0 Å². The van der Waals surface area contributed by atoms with E-state index in [2.05, 4.69) is 20.9 Å². The molecule has 11 N–H and O–H groups in total. The highest BCUT2D eigenvalue weighted by molar-refractivity contribution is 5.94. The minimum absolute atomic E-state index is 0.0138. The molecule has 0 heterocycles. The number of amides is 3. The van der Waals surface area contributed by atoms with Crippen molar-refractivity contribution in [2.24, 2.45) is 28.1 Å². The van der Waals surface area contributed by atoms with Crippen LogP contribution in [0.4, 0.5) is 0 Å². The SMILES string of the molecule is CC(NC(=O)C(N)C(C)C)C(=O)NC(CCCN=C(N)N)C(=O)NC(CC(=O)O)C(=O)O. The maximum Gasteiger partial charge on any atom is 0.326 e. The summed E-state index contributed by atoms with van der Waals surface area (Å²) >= 11 is 0. The fraction of sp³-hybridized carbons (Fsp3) is 0.667. The topological polar surface area (TPSA) is 252 Å². The van der Waals surface area contributed by atoms with E-state index < -0.39 is 60.2 Å². The molecule has 4 unspecified atom stereocenters. The predicted octanol–water partition coefficient (Wildman–Crippen LogP) is -2.94. The largest absolute Gasteiger partial charge is 0.481 e. The van der Waals surface area contributed by atoms with Crippen LogP contribution in [0, 0.1) is 5.92 Å². The predicted molar refractivity (Wildman–Crippen MR) is 114 cm³/mol. The second-order valence-corrected chi connectivity index (χ2v) is 7.51. The number of nitrogens with one attached hydrogen (secondary N) is 3. The summed E-state index contributed by atoms with van der Waals surface area (Å²) in [5.74, 6) is -5.49. The maximum atomic E-state index is 12.6. The molecule has 0 aliphatic heterocycles. The van der Waals surface area contributed by atoms with Crippen LogP contribution in [0.15, 0.2) is 4.99 Å². The zero-order valence-electron chi connectivity index (χ0n) is 18.3. The van der Waals surface area contributed by atoms with Crippen LogP contribution < -0.4 is 33.2 Å². The number of carboxylic acids is 2. The Morgan fingerprint density at radius 1 is 0.875 bits per heavy atom. The molecule has 0 saturated carbocycles. The van der Waals surface area contributed by atoms with Crippen LogP contribution in [-0.2, 0) is 24.0 Å². The number of carbonyl (C=O) groups is 5. The van der Waals surface area contributed by atoms with E-state index >= 15 is 0 Å². The van der Waals surface area contributed by atoms with Gasteiger partial charge in [-0.2, -0.15) is 0 Å². The number of nitrogens with two attached hydrogens (primary N) is 3. The van der Waals surface area contributed by atoms with E-state index in [1.165, 1.54) is 6.92 Å². The van der Waals surface area contributed by atoms with Gasteiger partial charge in [-0.05, 0) is 25.7 Å². The van der Waals surface area contributed by atoms with Gasteiger partial charge in [-0.3, -0.25) is 24.2 Å². The van der Waals surface area contributed by atoms with Crippen LogP contribution in [0.5, 0.6) is 0 Å². The van der Waals surface area contributed by atoms with E-state index in [-0.39, 0.29) is 31.3 Å². The number of aliphatic imine (C=N–C) groups is 1. The van der Waals surface area contributed by atoms with Crippen molar-refractivity contribution in [1.82, 2.24) is 16.0 Å². The van der Waals surface area contributed by atoms with Crippen molar-refractivity contribution in [3.05, 3.63) is 0 Å². The first-order valence-electron chi connectivity index (χ1n) is 9.92. The molecule has 0 rings (SSSR count). The van der Waals surface area contributed by atoms with E-state index in [0.29, 0.717) is 0 Å². The molecule has 0 saturated heterocycles. The first-order valence-corrected chi connectivity index (χ1v) is 9.92. The summed E-state index contributed by atoms with van der Waals surface area (Å²) in [6.45, 7) is 5.00. The third kappa shape index (κ3) is 11.1. The molecule has 14 heteroatoms. The van der Waals surface area contributed by atoms with Crippen molar-refractivity contribution in [3.63, 3.8) is 0 Å². The maximum absolute atomic E-state index is 12.6. The molecule has 0 spiro atoms. The molecule has 3 amide bonds. The molecule has 32 heavy (non-hydrogen) atoms. The Kier molecular flexibility index (Phi) is 12.3. The van der Waals surface area contributed by atoms with Gasteiger partial charge < -0.3 is 43.4 Å². The molecular weight excluding hydrogens is 426 g/mol. The Morgan fingerprint density at radius 3 is 1.91 bits per heavy atom. The molecule has 182 valence electrons. The number of aliphatic carboxylic acids is 2. The van der Waals surface area contributed by atoms with Gasteiger partial charge in [0.05, 0.1) is 12.5 Å². The number of hydrogen-bond donors (Lipinski definition) is 8. The van der Waals surface area contributed by atoms with Gasteiger partial charge in [-0.1, -0.05) is 13.8 Å². The average Bonchev–Trinajstić information content (AvgIpc) is 2.67. The Hall–Kier alpha value is -3.42. The summed E-state index contributed by atoms with van der Waals surface area (Å²) in [6.07, 6.45) is -0.596. The summed E-state index contributed by atoms with van der Waals surface area (Å²) in [5.41, 5.74) is 16.2. The molecular formula is C18H33N7O7. The average molecular weight is 460 g/mol. The number of carbonyl (C=O) groups excluding carboxylic acids is 3. The first-order chi connectivity index (χ1) is 14.8. The smallest absolute Gasteiger partial charge is 0.326 e.